The maximum absolute atomic E-state index is 10.3. The predicted molar refractivity (Wildman–Crippen MR) is 60.9 cm³/mol. The Morgan fingerprint density at radius 2 is 2.20 bits per heavy atom. The van der Waals surface area contributed by atoms with E-state index in [4.69, 9.17) is 5.11 Å². The van der Waals surface area contributed by atoms with Gasteiger partial charge in [0, 0.05) is 6.42 Å². The molecule has 1 fully saturated rings. The number of hydrogen-bond acceptors (Lipinski definition) is 2. The summed E-state index contributed by atoms with van der Waals surface area (Å²) in [6, 6.07) is 0. The van der Waals surface area contributed by atoms with Gasteiger partial charge in [-0.1, -0.05) is 13.3 Å². The third-order valence-corrected chi connectivity index (χ3v) is 3.23. The van der Waals surface area contributed by atoms with Crippen LogP contribution >= 0.6 is 0 Å². The molecule has 88 valence electrons. The number of carbonyl (C=O) groups is 1. The van der Waals surface area contributed by atoms with E-state index in [-0.39, 0.29) is 0 Å². The lowest BCUT2D eigenvalue weighted by molar-refractivity contribution is -0.137. The molecule has 0 spiro atoms. The van der Waals surface area contributed by atoms with Crippen molar-refractivity contribution >= 4 is 5.97 Å². The Bertz CT molecular complexity index is 194. The third kappa shape index (κ3) is 5.78. The van der Waals surface area contributed by atoms with Crippen LogP contribution < -0.4 is 5.32 Å². The molecule has 2 N–H and O–H groups in total. The molecule has 1 aliphatic carbocycles. The fourth-order valence-electron chi connectivity index (χ4n) is 2.34. The van der Waals surface area contributed by atoms with Gasteiger partial charge in [0.1, 0.15) is 0 Å². The fraction of sp³-hybridized carbons (Fsp3) is 0.917. The lowest BCUT2D eigenvalue weighted by Gasteiger charge is -2.10. The largest absolute Gasteiger partial charge is 0.481 e. The molecule has 0 heterocycles. The molecule has 0 radical (unpaired) electrons. The molecule has 0 bridgehead atoms. The molecular weight excluding hydrogens is 190 g/mol. The molecule has 0 aromatic heterocycles. The molecule has 0 aliphatic heterocycles. The number of rotatable bonds is 7. The van der Waals surface area contributed by atoms with E-state index in [9.17, 15) is 4.79 Å². The van der Waals surface area contributed by atoms with Gasteiger partial charge in [-0.15, -0.1) is 0 Å². The van der Waals surface area contributed by atoms with Gasteiger partial charge in [-0.25, -0.2) is 0 Å². The lowest BCUT2D eigenvalue weighted by atomic mass is 10.1. The van der Waals surface area contributed by atoms with Gasteiger partial charge in [0.2, 0.25) is 0 Å². The topological polar surface area (TPSA) is 49.3 Å². The summed E-state index contributed by atoms with van der Waals surface area (Å²) < 4.78 is 0. The summed E-state index contributed by atoms with van der Waals surface area (Å²) in [5, 5.41) is 11.9. The van der Waals surface area contributed by atoms with Crippen molar-refractivity contribution in [3.63, 3.8) is 0 Å². The van der Waals surface area contributed by atoms with E-state index in [1.807, 2.05) is 0 Å². The van der Waals surface area contributed by atoms with E-state index >= 15 is 0 Å². The number of carboxylic acid groups (broad SMARTS) is 1. The highest BCUT2D eigenvalue weighted by molar-refractivity contribution is 5.66. The summed E-state index contributed by atoms with van der Waals surface area (Å²) in [6.07, 6.45) is 6.19. The minimum Gasteiger partial charge on any atom is -0.481 e. The average molecular weight is 213 g/mol. The first kappa shape index (κ1) is 12.5. The molecule has 1 saturated carbocycles. The van der Waals surface area contributed by atoms with Crippen molar-refractivity contribution in [3.8, 4) is 0 Å². The lowest BCUT2D eigenvalue weighted by Crippen LogP contribution is -2.22. The maximum Gasteiger partial charge on any atom is 0.303 e. The predicted octanol–water partition coefficient (Wildman–Crippen LogP) is 2.27. The molecule has 0 aromatic rings. The van der Waals surface area contributed by atoms with Crippen molar-refractivity contribution in [1.82, 2.24) is 5.32 Å². The van der Waals surface area contributed by atoms with Gasteiger partial charge < -0.3 is 10.4 Å². The standard InChI is InChI=1S/C12H23NO2/c1-10-5-6-11(8-10)9-13-7-3-2-4-12(14)15/h10-11,13H,2-9H2,1H3,(H,14,15). The number of hydrogen-bond donors (Lipinski definition) is 2. The van der Waals surface area contributed by atoms with Gasteiger partial charge in [-0.05, 0) is 50.6 Å². The van der Waals surface area contributed by atoms with Crippen LogP contribution in [0.25, 0.3) is 0 Å². The molecule has 2 unspecified atom stereocenters. The molecule has 0 saturated heterocycles. The van der Waals surface area contributed by atoms with Crippen molar-refractivity contribution in [3.05, 3.63) is 0 Å². The number of carboxylic acids is 1. The highest BCUT2D eigenvalue weighted by Crippen LogP contribution is 2.29. The van der Waals surface area contributed by atoms with E-state index in [1.54, 1.807) is 0 Å². The zero-order valence-electron chi connectivity index (χ0n) is 9.67. The van der Waals surface area contributed by atoms with Crippen LogP contribution in [0.4, 0.5) is 0 Å². The van der Waals surface area contributed by atoms with Crippen LogP contribution in [0.2, 0.25) is 0 Å². The van der Waals surface area contributed by atoms with Gasteiger partial charge in [0.05, 0.1) is 0 Å². The average Bonchev–Trinajstić information content (AvgIpc) is 2.57. The van der Waals surface area contributed by atoms with Gasteiger partial charge in [-0.2, -0.15) is 0 Å². The number of nitrogens with one attached hydrogen (secondary N) is 1. The van der Waals surface area contributed by atoms with Crippen LogP contribution in [0.1, 0.15) is 45.4 Å². The monoisotopic (exact) mass is 213 g/mol. The van der Waals surface area contributed by atoms with Crippen LogP contribution in [0.3, 0.4) is 0 Å². The summed E-state index contributed by atoms with van der Waals surface area (Å²) in [5.41, 5.74) is 0. The third-order valence-electron chi connectivity index (χ3n) is 3.23. The highest BCUT2D eigenvalue weighted by Gasteiger charge is 2.20. The molecule has 2 atom stereocenters. The van der Waals surface area contributed by atoms with Crippen LogP contribution in [0, 0.1) is 11.8 Å². The van der Waals surface area contributed by atoms with Crippen LogP contribution in [-0.4, -0.2) is 24.2 Å². The summed E-state index contributed by atoms with van der Waals surface area (Å²) in [6.45, 7) is 4.42. The van der Waals surface area contributed by atoms with Crippen molar-refractivity contribution in [1.29, 1.82) is 0 Å². The zero-order valence-corrected chi connectivity index (χ0v) is 9.67. The molecule has 1 rings (SSSR count). The molecule has 3 heteroatoms. The molecule has 1 aliphatic rings. The van der Waals surface area contributed by atoms with Gasteiger partial charge >= 0.3 is 5.97 Å². The van der Waals surface area contributed by atoms with Gasteiger partial charge in [0.25, 0.3) is 0 Å². The van der Waals surface area contributed by atoms with Crippen molar-refractivity contribution in [2.75, 3.05) is 13.1 Å². The molecule has 0 aromatic carbocycles. The van der Waals surface area contributed by atoms with E-state index in [0.717, 1.165) is 37.8 Å². The quantitative estimate of drug-likeness (QED) is 0.638. The highest BCUT2D eigenvalue weighted by atomic mass is 16.4. The SMILES string of the molecule is CC1CCC(CNCCCCC(=O)O)C1. The molecule has 0 amide bonds. The smallest absolute Gasteiger partial charge is 0.303 e. The Hall–Kier alpha value is -0.570. The minimum absolute atomic E-state index is 0.308. The molecule has 3 nitrogen and oxygen atoms in total. The Morgan fingerprint density at radius 3 is 2.80 bits per heavy atom. The van der Waals surface area contributed by atoms with Gasteiger partial charge in [0.15, 0.2) is 0 Å². The second kappa shape index (κ2) is 6.83. The number of unbranched alkanes of at least 4 members (excludes halogenated alkanes) is 1. The summed E-state index contributed by atoms with van der Waals surface area (Å²) in [5.74, 6) is 1.09. The summed E-state index contributed by atoms with van der Waals surface area (Å²) in [4.78, 5) is 10.3. The Labute approximate surface area is 92.3 Å². The second-order valence-corrected chi connectivity index (χ2v) is 4.84. The summed E-state index contributed by atoms with van der Waals surface area (Å²) >= 11 is 0. The first-order chi connectivity index (χ1) is 7.18. The van der Waals surface area contributed by atoms with Crippen molar-refractivity contribution < 1.29 is 9.90 Å². The van der Waals surface area contributed by atoms with E-state index in [2.05, 4.69) is 12.2 Å². The van der Waals surface area contributed by atoms with E-state index in [0.29, 0.717) is 6.42 Å². The first-order valence-corrected chi connectivity index (χ1v) is 6.11. The molecular formula is C12H23NO2. The van der Waals surface area contributed by atoms with Crippen molar-refractivity contribution in [2.45, 2.75) is 45.4 Å². The maximum atomic E-state index is 10.3. The fourth-order valence-corrected chi connectivity index (χ4v) is 2.34. The van der Waals surface area contributed by atoms with Gasteiger partial charge in [-0.3, -0.25) is 4.79 Å². The van der Waals surface area contributed by atoms with Crippen molar-refractivity contribution in [2.24, 2.45) is 11.8 Å². The Kier molecular flexibility index (Phi) is 5.69. The zero-order chi connectivity index (χ0) is 11.1. The van der Waals surface area contributed by atoms with E-state index < -0.39 is 5.97 Å². The van der Waals surface area contributed by atoms with Crippen LogP contribution in [0.15, 0.2) is 0 Å². The van der Waals surface area contributed by atoms with Crippen LogP contribution in [0.5, 0.6) is 0 Å². The minimum atomic E-state index is -0.681. The number of aliphatic carboxylic acids is 1. The summed E-state index contributed by atoms with van der Waals surface area (Å²) in [7, 11) is 0. The second-order valence-electron chi connectivity index (χ2n) is 4.84. The normalized spacial score (nSPS) is 25.7. The Balaban J connectivity index is 1.87. The molecule has 15 heavy (non-hydrogen) atoms. The first-order valence-electron chi connectivity index (χ1n) is 6.11. The van der Waals surface area contributed by atoms with Crippen LogP contribution in [-0.2, 0) is 4.79 Å². The van der Waals surface area contributed by atoms with E-state index in [1.165, 1.54) is 19.3 Å². The Morgan fingerprint density at radius 1 is 1.40 bits per heavy atom.